The van der Waals surface area contributed by atoms with E-state index < -0.39 is 0 Å². The van der Waals surface area contributed by atoms with Crippen LogP contribution in [0.3, 0.4) is 0 Å². The number of nitrogens with zero attached hydrogens (tertiary/aromatic N) is 4. The maximum Gasteiger partial charge on any atom is 0.0971 e. The van der Waals surface area contributed by atoms with Gasteiger partial charge in [-0.05, 0) is 46.7 Å². The first-order chi connectivity index (χ1) is 21.8. The van der Waals surface area contributed by atoms with Gasteiger partial charge in [-0.2, -0.15) is 0 Å². The average molecular weight is 561 g/mol. The molecule has 4 heteroatoms. The Morgan fingerprint density at radius 2 is 1.14 bits per heavy atom. The van der Waals surface area contributed by atoms with Crippen LogP contribution in [0.1, 0.15) is 0 Å². The second kappa shape index (κ2) is 9.79. The van der Waals surface area contributed by atoms with Crippen LogP contribution in [-0.2, 0) is 0 Å². The summed E-state index contributed by atoms with van der Waals surface area (Å²) in [5.74, 6) is 0. The number of aromatic nitrogens is 4. The fraction of sp³-hybridized carbons (Fsp3) is 0. The lowest BCUT2D eigenvalue weighted by Gasteiger charge is -2.13. The molecule has 0 spiro atoms. The molecule has 0 amide bonds. The molecule has 0 unspecified atom stereocenters. The van der Waals surface area contributed by atoms with Crippen LogP contribution < -0.4 is 0 Å². The molecule has 4 heterocycles. The molecule has 9 rings (SSSR count). The van der Waals surface area contributed by atoms with Crippen LogP contribution >= 0.6 is 0 Å². The van der Waals surface area contributed by atoms with Crippen molar-refractivity contribution in [3.63, 3.8) is 0 Å². The van der Waals surface area contributed by atoms with Gasteiger partial charge < -0.3 is 0 Å². The topological polar surface area (TPSA) is 51.6 Å². The Morgan fingerprint density at radius 3 is 2.00 bits per heavy atom. The third kappa shape index (κ3) is 3.85. The summed E-state index contributed by atoms with van der Waals surface area (Å²) >= 11 is 0. The van der Waals surface area contributed by atoms with Gasteiger partial charge in [0.15, 0.2) is 0 Å². The lowest BCUT2D eigenvalue weighted by molar-refractivity contribution is 1.32. The summed E-state index contributed by atoms with van der Waals surface area (Å²) in [6.07, 6.45) is 5.59. The summed E-state index contributed by atoms with van der Waals surface area (Å²) in [5, 5.41) is 8.17. The average Bonchev–Trinajstić information content (AvgIpc) is 3.11. The van der Waals surface area contributed by atoms with E-state index in [2.05, 4.69) is 125 Å². The molecule has 0 aliphatic rings. The Morgan fingerprint density at radius 1 is 0.432 bits per heavy atom. The maximum absolute atomic E-state index is 5.15. The van der Waals surface area contributed by atoms with E-state index in [1.165, 1.54) is 21.5 Å². The number of pyridine rings is 4. The Kier molecular flexibility index (Phi) is 5.47. The Hall–Kier alpha value is -6.00. The van der Waals surface area contributed by atoms with Crippen LogP contribution in [0.5, 0.6) is 0 Å². The van der Waals surface area contributed by atoms with Crippen LogP contribution in [0, 0.1) is 0 Å². The molecule has 0 saturated carbocycles. The standard InChI is InChI=1S/C40H24N4/c1-2-9-30-26(7-1)17-19-33-37(30)32-10-3-4-12-36(32)44-38(33)27-15-13-25(14-16-27)29-18-20-35(43-24-29)34-23-28-8-5-21-41-39(28)40-31(34)11-6-22-42-40/h1-24H. The van der Waals surface area contributed by atoms with E-state index in [-0.39, 0.29) is 0 Å². The lowest BCUT2D eigenvalue weighted by atomic mass is 9.94. The highest BCUT2D eigenvalue weighted by Crippen LogP contribution is 2.38. The van der Waals surface area contributed by atoms with E-state index in [1.807, 2.05) is 30.7 Å². The van der Waals surface area contributed by atoms with Gasteiger partial charge in [0, 0.05) is 62.2 Å². The minimum absolute atomic E-state index is 0.893. The molecule has 5 aromatic carbocycles. The Labute approximate surface area is 253 Å². The molecule has 4 nitrogen and oxygen atoms in total. The summed E-state index contributed by atoms with van der Waals surface area (Å²) in [7, 11) is 0. The molecule has 0 saturated heterocycles. The van der Waals surface area contributed by atoms with Gasteiger partial charge >= 0.3 is 0 Å². The van der Waals surface area contributed by atoms with E-state index in [4.69, 9.17) is 9.97 Å². The van der Waals surface area contributed by atoms with Crippen LogP contribution in [0.4, 0.5) is 0 Å². The summed E-state index contributed by atoms with van der Waals surface area (Å²) < 4.78 is 0. The van der Waals surface area contributed by atoms with Crippen molar-refractivity contribution in [2.45, 2.75) is 0 Å². The minimum Gasteiger partial charge on any atom is -0.256 e. The molecule has 0 fully saturated rings. The quantitative estimate of drug-likeness (QED) is 0.202. The van der Waals surface area contributed by atoms with Crippen molar-refractivity contribution in [2.75, 3.05) is 0 Å². The number of hydrogen-bond donors (Lipinski definition) is 0. The van der Waals surface area contributed by atoms with Gasteiger partial charge in [0.2, 0.25) is 0 Å². The first-order valence-electron chi connectivity index (χ1n) is 14.7. The summed E-state index contributed by atoms with van der Waals surface area (Å²) in [6, 6.07) is 44.6. The van der Waals surface area contributed by atoms with Gasteiger partial charge in [0.25, 0.3) is 0 Å². The van der Waals surface area contributed by atoms with Crippen molar-refractivity contribution in [1.82, 2.24) is 19.9 Å². The molecule has 9 aromatic rings. The van der Waals surface area contributed by atoms with Crippen LogP contribution in [0.2, 0.25) is 0 Å². The van der Waals surface area contributed by atoms with Crippen molar-refractivity contribution < 1.29 is 0 Å². The molecule has 0 atom stereocenters. The van der Waals surface area contributed by atoms with Crippen LogP contribution in [0.15, 0.2) is 146 Å². The van der Waals surface area contributed by atoms with Crippen LogP contribution in [-0.4, -0.2) is 19.9 Å². The van der Waals surface area contributed by atoms with Gasteiger partial charge in [-0.1, -0.05) is 97.1 Å². The number of hydrogen-bond acceptors (Lipinski definition) is 4. The lowest BCUT2D eigenvalue weighted by Crippen LogP contribution is -1.92. The third-order valence-electron chi connectivity index (χ3n) is 8.58. The van der Waals surface area contributed by atoms with Crippen molar-refractivity contribution in [3.05, 3.63) is 146 Å². The fourth-order valence-corrected chi connectivity index (χ4v) is 6.48. The molecular weight excluding hydrogens is 536 g/mol. The second-order valence-corrected chi connectivity index (χ2v) is 11.1. The summed E-state index contributed by atoms with van der Waals surface area (Å²) in [5.41, 5.74) is 9.03. The van der Waals surface area contributed by atoms with Crippen molar-refractivity contribution in [3.8, 4) is 33.6 Å². The molecule has 0 aliphatic heterocycles. The molecule has 0 radical (unpaired) electrons. The SMILES string of the molecule is c1ccc2c(c1)ccc1c(-c3ccc(-c4ccc(-c5cc6cccnc6c6ncccc56)nc4)cc3)nc3ccccc3c12. The Bertz CT molecular complexity index is 2520. The largest absolute Gasteiger partial charge is 0.256 e. The molecule has 44 heavy (non-hydrogen) atoms. The predicted molar refractivity (Wildman–Crippen MR) is 181 cm³/mol. The second-order valence-electron chi connectivity index (χ2n) is 11.1. The van der Waals surface area contributed by atoms with Gasteiger partial charge in [0.05, 0.1) is 27.9 Å². The number of para-hydroxylation sites is 1. The third-order valence-corrected chi connectivity index (χ3v) is 8.58. The van der Waals surface area contributed by atoms with Gasteiger partial charge in [-0.3, -0.25) is 15.0 Å². The molecule has 0 bridgehead atoms. The zero-order valence-corrected chi connectivity index (χ0v) is 23.6. The smallest absolute Gasteiger partial charge is 0.0971 e. The fourth-order valence-electron chi connectivity index (χ4n) is 6.48. The molecule has 4 aromatic heterocycles. The van der Waals surface area contributed by atoms with E-state index in [9.17, 15) is 0 Å². The van der Waals surface area contributed by atoms with Gasteiger partial charge in [-0.25, -0.2) is 4.98 Å². The predicted octanol–water partition coefficient (Wildman–Crippen LogP) is 10.0. The summed E-state index contributed by atoms with van der Waals surface area (Å²) in [6.45, 7) is 0. The normalized spacial score (nSPS) is 11.6. The van der Waals surface area contributed by atoms with Crippen molar-refractivity contribution in [1.29, 1.82) is 0 Å². The number of benzene rings is 5. The molecule has 0 N–H and O–H groups in total. The van der Waals surface area contributed by atoms with Crippen LogP contribution in [0.25, 0.3) is 87.9 Å². The summed E-state index contributed by atoms with van der Waals surface area (Å²) in [4.78, 5) is 19.3. The first kappa shape index (κ1) is 24.6. The van der Waals surface area contributed by atoms with Crippen molar-refractivity contribution >= 4 is 54.3 Å². The van der Waals surface area contributed by atoms with Crippen molar-refractivity contribution in [2.24, 2.45) is 0 Å². The molecular formula is C40H24N4. The molecule has 0 aliphatic carbocycles. The Balaban J connectivity index is 1.12. The maximum atomic E-state index is 5.15. The highest BCUT2D eigenvalue weighted by atomic mass is 14.7. The zero-order chi connectivity index (χ0) is 29.0. The van der Waals surface area contributed by atoms with Gasteiger partial charge in [-0.15, -0.1) is 0 Å². The highest BCUT2D eigenvalue weighted by Gasteiger charge is 2.14. The van der Waals surface area contributed by atoms with E-state index >= 15 is 0 Å². The zero-order valence-electron chi connectivity index (χ0n) is 23.6. The minimum atomic E-state index is 0.893. The van der Waals surface area contributed by atoms with E-state index in [0.717, 1.165) is 66.4 Å². The highest BCUT2D eigenvalue weighted by molar-refractivity contribution is 6.22. The molecule has 204 valence electrons. The van der Waals surface area contributed by atoms with E-state index in [0.29, 0.717) is 0 Å². The van der Waals surface area contributed by atoms with E-state index in [1.54, 1.807) is 0 Å². The van der Waals surface area contributed by atoms with Gasteiger partial charge in [0.1, 0.15) is 0 Å². The number of fused-ring (bicyclic) bond motifs is 8. The monoisotopic (exact) mass is 560 g/mol. The first-order valence-corrected chi connectivity index (χ1v) is 14.7. The number of rotatable bonds is 3.